The van der Waals surface area contributed by atoms with Crippen LogP contribution in [0, 0.1) is 0 Å². The Hall–Kier alpha value is -1.35. The second-order valence-electron chi connectivity index (χ2n) is 4.34. The molecule has 0 unspecified atom stereocenters. The molecule has 0 aliphatic carbocycles. The Bertz CT molecular complexity index is 447. The Balaban J connectivity index is 1.79. The Morgan fingerprint density at radius 3 is 2.94 bits per heavy atom. The maximum Gasteiger partial charge on any atom is 0.0958 e. The molecule has 1 heterocycles. The number of para-hydroxylation sites is 2. The summed E-state index contributed by atoms with van der Waals surface area (Å²) < 4.78 is 2.25. The smallest absolute Gasteiger partial charge is 0.0958 e. The first-order valence-electron chi connectivity index (χ1n) is 6.52. The topological polar surface area (TPSA) is 29.9 Å². The van der Waals surface area contributed by atoms with Gasteiger partial charge in [-0.15, -0.1) is 0 Å². The van der Waals surface area contributed by atoms with Gasteiger partial charge in [-0.05, 0) is 38.1 Å². The largest absolute Gasteiger partial charge is 0.331 e. The van der Waals surface area contributed by atoms with E-state index in [1.54, 1.807) is 0 Å². The highest BCUT2D eigenvalue weighted by atomic mass is 15.0. The summed E-state index contributed by atoms with van der Waals surface area (Å²) in [5.74, 6) is 0. The van der Waals surface area contributed by atoms with E-state index in [2.05, 4.69) is 40.0 Å². The van der Waals surface area contributed by atoms with Gasteiger partial charge in [0.1, 0.15) is 0 Å². The van der Waals surface area contributed by atoms with Crippen LogP contribution < -0.4 is 5.32 Å². The van der Waals surface area contributed by atoms with Crippen molar-refractivity contribution >= 4 is 11.0 Å². The highest BCUT2D eigenvalue weighted by molar-refractivity contribution is 5.74. The molecule has 0 aliphatic heterocycles. The Kier molecular flexibility index (Phi) is 4.56. The van der Waals surface area contributed by atoms with Crippen LogP contribution in [0.5, 0.6) is 0 Å². The zero-order chi connectivity index (χ0) is 11.9. The molecule has 0 bridgehead atoms. The molecule has 17 heavy (non-hydrogen) atoms. The molecule has 0 atom stereocenters. The molecule has 3 nitrogen and oxygen atoms in total. The highest BCUT2D eigenvalue weighted by Crippen LogP contribution is 2.12. The summed E-state index contributed by atoms with van der Waals surface area (Å²) in [5.41, 5.74) is 2.35. The van der Waals surface area contributed by atoms with E-state index in [1.807, 2.05) is 12.4 Å². The van der Waals surface area contributed by atoms with Gasteiger partial charge >= 0.3 is 0 Å². The molecule has 0 saturated carbocycles. The van der Waals surface area contributed by atoms with Crippen LogP contribution >= 0.6 is 0 Å². The molecule has 0 spiro atoms. The average Bonchev–Trinajstić information content (AvgIpc) is 2.77. The van der Waals surface area contributed by atoms with E-state index in [-0.39, 0.29) is 0 Å². The van der Waals surface area contributed by atoms with Gasteiger partial charge in [0.25, 0.3) is 0 Å². The fourth-order valence-electron chi connectivity index (χ4n) is 2.07. The van der Waals surface area contributed by atoms with Crippen molar-refractivity contribution in [2.45, 2.75) is 32.7 Å². The number of hydrogen-bond donors (Lipinski definition) is 1. The highest BCUT2D eigenvalue weighted by Gasteiger charge is 2.00. The number of hydrogen-bond acceptors (Lipinski definition) is 2. The minimum absolute atomic E-state index is 1.08. The molecule has 0 saturated heterocycles. The summed E-state index contributed by atoms with van der Waals surface area (Å²) >= 11 is 0. The number of nitrogens with one attached hydrogen (secondary N) is 1. The van der Waals surface area contributed by atoms with Gasteiger partial charge in [0.2, 0.25) is 0 Å². The predicted octanol–water partition coefficient (Wildman–Crippen LogP) is 2.82. The standard InChI is InChI=1S/C14H21N3/c1-2-15-10-6-3-7-11-17-12-16-13-8-4-5-9-14(13)17/h4-5,8-9,12,15H,2-3,6-7,10-11H2,1H3. The lowest BCUT2D eigenvalue weighted by Gasteiger charge is -2.04. The van der Waals surface area contributed by atoms with Crippen LogP contribution in [0.25, 0.3) is 11.0 Å². The second-order valence-corrected chi connectivity index (χ2v) is 4.34. The SMILES string of the molecule is CCNCCCCCn1cnc2ccccc21. The maximum absolute atomic E-state index is 4.40. The van der Waals surface area contributed by atoms with E-state index in [4.69, 9.17) is 0 Å². The molecule has 0 aliphatic rings. The van der Waals surface area contributed by atoms with Crippen molar-refractivity contribution < 1.29 is 0 Å². The van der Waals surface area contributed by atoms with Crippen LogP contribution in [0.1, 0.15) is 26.2 Å². The van der Waals surface area contributed by atoms with Crippen LogP contribution in [-0.4, -0.2) is 22.6 Å². The number of rotatable bonds is 7. The zero-order valence-corrected chi connectivity index (χ0v) is 10.5. The lowest BCUT2D eigenvalue weighted by atomic mass is 10.2. The van der Waals surface area contributed by atoms with E-state index in [0.717, 1.165) is 25.2 Å². The van der Waals surface area contributed by atoms with Crippen molar-refractivity contribution in [3.8, 4) is 0 Å². The predicted molar refractivity (Wildman–Crippen MR) is 72.1 cm³/mol. The first-order valence-corrected chi connectivity index (χ1v) is 6.52. The molecule has 2 rings (SSSR count). The second kappa shape index (κ2) is 6.40. The molecule has 92 valence electrons. The van der Waals surface area contributed by atoms with Gasteiger partial charge in [0, 0.05) is 6.54 Å². The number of benzene rings is 1. The summed E-state index contributed by atoms with van der Waals surface area (Å²) in [5, 5.41) is 3.35. The minimum Gasteiger partial charge on any atom is -0.331 e. The summed E-state index contributed by atoms with van der Waals surface area (Å²) in [6.45, 7) is 5.44. The molecule has 1 aromatic carbocycles. The van der Waals surface area contributed by atoms with Crippen molar-refractivity contribution in [3.63, 3.8) is 0 Å². The fraction of sp³-hybridized carbons (Fsp3) is 0.500. The van der Waals surface area contributed by atoms with Gasteiger partial charge in [-0.3, -0.25) is 0 Å². The monoisotopic (exact) mass is 231 g/mol. The van der Waals surface area contributed by atoms with E-state index in [9.17, 15) is 0 Å². The van der Waals surface area contributed by atoms with Gasteiger partial charge in [-0.1, -0.05) is 25.5 Å². The molecule has 1 N–H and O–H groups in total. The van der Waals surface area contributed by atoms with Gasteiger partial charge in [-0.25, -0.2) is 4.98 Å². The number of aryl methyl sites for hydroxylation is 1. The van der Waals surface area contributed by atoms with E-state index < -0.39 is 0 Å². The van der Waals surface area contributed by atoms with Gasteiger partial charge in [0.05, 0.1) is 17.4 Å². The van der Waals surface area contributed by atoms with Crippen molar-refractivity contribution in [1.29, 1.82) is 0 Å². The lowest BCUT2D eigenvalue weighted by Crippen LogP contribution is -2.13. The van der Waals surface area contributed by atoms with E-state index in [1.165, 1.54) is 24.8 Å². The molecule has 0 radical (unpaired) electrons. The van der Waals surface area contributed by atoms with Crippen LogP contribution in [0.4, 0.5) is 0 Å². The van der Waals surface area contributed by atoms with Crippen molar-refractivity contribution in [2.75, 3.05) is 13.1 Å². The number of fused-ring (bicyclic) bond motifs is 1. The normalized spacial score (nSPS) is 11.1. The maximum atomic E-state index is 4.40. The molecular formula is C14H21N3. The first kappa shape index (κ1) is 12.1. The van der Waals surface area contributed by atoms with Crippen molar-refractivity contribution in [2.24, 2.45) is 0 Å². The van der Waals surface area contributed by atoms with Crippen LogP contribution in [0.2, 0.25) is 0 Å². The number of aromatic nitrogens is 2. The summed E-state index contributed by atoms with van der Waals surface area (Å²) in [7, 11) is 0. The third-order valence-electron chi connectivity index (χ3n) is 3.03. The van der Waals surface area contributed by atoms with Crippen molar-refractivity contribution in [3.05, 3.63) is 30.6 Å². The Labute approximate surface area is 103 Å². The number of unbranched alkanes of at least 4 members (excludes halogenated alkanes) is 2. The van der Waals surface area contributed by atoms with Gasteiger partial charge in [0.15, 0.2) is 0 Å². The number of nitrogens with zero attached hydrogens (tertiary/aromatic N) is 2. The third kappa shape index (κ3) is 3.30. The Morgan fingerprint density at radius 2 is 2.06 bits per heavy atom. The minimum atomic E-state index is 1.08. The molecule has 1 aromatic heterocycles. The van der Waals surface area contributed by atoms with E-state index >= 15 is 0 Å². The van der Waals surface area contributed by atoms with E-state index in [0.29, 0.717) is 0 Å². The molecule has 0 amide bonds. The quantitative estimate of drug-likeness (QED) is 0.743. The van der Waals surface area contributed by atoms with Crippen LogP contribution in [0.3, 0.4) is 0 Å². The van der Waals surface area contributed by atoms with Gasteiger partial charge in [-0.2, -0.15) is 0 Å². The van der Waals surface area contributed by atoms with Crippen LogP contribution in [0.15, 0.2) is 30.6 Å². The van der Waals surface area contributed by atoms with Crippen molar-refractivity contribution in [1.82, 2.24) is 14.9 Å². The summed E-state index contributed by atoms with van der Waals surface area (Å²) in [6.07, 6.45) is 5.72. The lowest BCUT2D eigenvalue weighted by molar-refractivity contribution is 0.571. The fourth-order valence-corrected chi connectivity index (χ4v) is 2.07. The average molecular weight is 231 g/mol. The van der Waals surface area contributed by atoms with Crippen LogP contribution in [-0.2, 0) is 6.54 Å². The van der Waals surface area contributed by atoms with Gasteiger partial charge < -0.3 is 9.88 Å². The summed E-state index contributed by atoms with van der Waals surface area (Å²) in [6, 6.07) is 8.32. The Morgan fingerprint density at radius 1 is 1.18 bits per heavy atom. The molecule has 2 aromatic rings. The molecule has 3 heteroatoms. The third-order valence-corrected chi connectivity index (χ3v) is 3.03. The molecular weight excluding hydrogens is 210 g/mol. The molecule has 0 fully saturated rings. The first-order chi connectivity index (χ1) is 8.42. The zero-order valence-electron chi connectivity index (χ0n) is 10.5. The number of imidazole rings is 1. The summed E-state index contributed by atoms with van der Waals surface area (Å²) in [4.78, 5) is 4.40.